The molecule has 0 radical (unpaired) electrons. The maximum absolute atomic E-state index is 14.0. The first-order chi connectivity index (χ1) is 19.5. The minimum absolute atomic E-state index is 0.153. The number of carbonyl (C=O) groups excluding carboxylic acids is 1. The quantitative estimate of drug-likeness (QED) is 0.333. The number of likely N-dealkylation sites (tertiary alicyclic amines) is 1. The SMILES string of the molecule is Cc1c(-c2ncco2)sc2c1c(=O)n(C(C)(C)C(=O)O)c(=O)n2C[C@@H](OC(=O)N1CCC(O)CC1)c1ccccc1. The molecule has 41 heavy (non-hydrogen) atoms. The van der Waals surface area contributed by atoms with Crippen molar-refractivity contribution in [2.45, 2.75) is 57.9 Å². The largest absolute Gasteiger partial charge is 0.480 e. The van der Waals surface area contributed by atoms with Crippen LogP contribution < -0.4 is 11.2 Å². The van der Waals surface area contributed by atoms with Crippen molar-refractivity contribution in [1.82, 2.24) is 19.0 Å². The van der Waals surface area contributed by atoms with Crippen LogP contribution >= 0.6 is 11.3 Å². The third kappa shape index (κ3) is 5.18. The number of benzene rings is 1. The van der Waals surface area contributed by atoms with Gasteiger partial charge in [0, 0.05) is 13.1 Å². The molecule has 0 unspecified atom stereocenters. The number of hydrogen-bond donors (Lipinski definition) is 2. The number of aliphatic carboxylic acids is 1. The molecule has 1 atom stereocenters. The number of amides is 1. The first-order valence-corrected chi connectivity index (χ1v) is 13.9. The van der Waals surface area contributed by atoms with Gasteiger partial charge in [-0.05, 0) is 44.7 Å². The molecule has 0 saturated carbocycles. The predicted octanol–water partition coefficient (Wildman–Crippen LogP) is 3.34. The van der Waals surface area contributed by atoms with Gasteiger partial charge < -0.3 is 24.3 Å². The van der Waals surface area contributed by atoms with Gasteiger partial charge in [-0.3, -0.25) is 9.36 Å². The van der Waals surface area contributed by atoms with Crippen molar-refractivity contribution >= 4 is 33.6 Å². The van der Waals surface area contributed by atoms with Crippen LogP contribution in [-0.2, 0) is 21.6 Å². The van der Waals surface area contributed by atoms with E-state index in [1.165, 1.54) is 35.8 Å². The number of aromatic nitrogens is 3. The standard InChI is InChI=1S/C28H30N4O8S/c1-16-20-23(34)32(28(2,3)25(35)36)26(37)31(24(20)41-21(16)22-29-11-14-39-22)15-19(17-7-5-4-6-8-17)40-27(38)30-12-9-18(33)10-13-30/h4-8,11,14,18-19,33H,9-10,12-13,15H2,1-3H3,(H,35,36)/t19-/m1/s1. The molecule has 216 valence electrons. The molecule has 4 heterocycles. The third-order valence-corrected chi connectivity index (χ3v) is 8.71. The number of carboxylic acid groups (broad SMARTS) is 1. The number of ether oxygens (including phenoxy) is 1. The molecule has 5 rings (SSSR count). The number of hydrogen-bond acceptors (Lipinski definition) is 9. The van der Waals surface area contributed by atoms with Crippen molar-refractivity contribution in [3.8, 4) is 10.8 Å². The fourth-order valence-corrected chi connectivity index (χ4v) is 6.17. The summed E-state index contributed by atoms with van der Waals surface area (Å²) in [5, 5.41) is 19.9. The first-order valence-electron chi connectivity index (χ1n) is 13.1. The van der Waals surface area contributed by atoms with Crippen LogP contribution in [0.4, 0.5) is 4.79 Å². The van der Waals surface area contributed by atoms with E-state index in [4.69, 9.17) is 9.15 Å². The summed E-state index contributed by atoms with van der Waals surface area (Å²) in [6.45, 7) is 4.71. The van der Waals surface area contributed by atoms with Gasteiger partial charge in [0.25, 0.3) is 5.56 Å². The summed E-state index contributed by atoms with van der Waals surface area (Å²) >= 11 is 1.12. The number of aryl methyl sites for hydroxylation is 1. The van der Waals surface area contributed by atoms with E-state index in [1.807, 2.05) is 0 Å². The van der Waals surface area contributed by atoms with Crippen LogP contribution in [0.3, 0.4) is 0 Å². The molecule has 0 aliphatic carbocycles. The van der Waals surface area contributed by atoms with E-state index in [9.17, 15) is 29.4 Å². The van der Waals surface area contributed by atoms with Crippen LogP contribution in [0.2, 0.25) is 0 Å². The minimum Gasteiger partial charge on any atom is -0.480 e. The second-order valence-corrected chi connectivity index (χ2v) is 11.5. The lowest BCUT2D eigenvalue weighted by Crippen LogP contribution is -2.52. The first kappa shape index (κ1) is 28.3. The Morgan fingerprint density at radius 3 is 2.49 bits per heavy atom. The summed E-state index contributed by atoms with van der Waals surface area (Å²) in [5.74, 6) is -1.11. The monoisotopic (exact) mass is 582 g/mol. The van der Waals surface area contributed by atoms with Crippen molar-refractivity contribution in [3.05, 3.63) is 74.8 Å². The highest BCUT2D eigenvalue weighted by Crippen LogP contribution is 2.36. The maximum atomic E-state index is 14.0. The highest BCUT2D eigenvalue weighted by molar-refractivity contribution is 7.22. The zero-order valence-electron chi connectivity index (χ0n) is 22.8. The highest BCUT2D eigenvalue weighted by atomic mass is 32.1. The molecule has 3 aromatic heterocycles. The van der Waals surface area contributed by atoms with Gasteiger partial charge >= 0.3 is 17.8 Å². The van der Waals surface area contributed by atoms with Gasteiger partial charge in [-0.2, -0.15) is 0 Å². The average molecular weight is 583 g/mol. The lowest BCUT2D eigenvalue weighted by Gasteiger charge is -2.31. The molecule has 2 N–H and O–H groups in total. The van der Waals surface area contributed by atoms with E-state index < -0.39 is 41.1 Å². The molecule has 1 saturated heterocycles. The summed E-state index contributed by atoms with van der Waals surface area (Å²) in [4.78, 5) is 59.7. The summed E-state index contributed by atoms with van der Waals surface area (Å²) in [6, 6.07) is 8.87. The third-order valence-electron chi connectivity index (χ3n) is 7.41. The molecule has 1 aliphatic heterocycles. The Morgan fingerprint density at radius 1 is 1.20 bits per heavy atom. The lowest BCUT2D eigenvalue weighted by molar-refractivity contribution is -0.146. The molecule has 13 heteroatoms. The van der Waals surface area contributed by atoms with Crippen LogP contribution in [-0.4, -0.2) is 60.5 Å². The van der Waals surface area contributed by atoms with Gasteiger partial charge in [0.2, 0.25) is 5.89 Å². The van der Waals surface area contributed by atoms with Crippen LogP contribution in [0.15, 0.2) is 56.8 Å². The number of nitrogens with zero attached hydrogens (tertiary/aromatic N) is 4. The Morgan fingerprint density at radius 2 is 1.88 bits per heavy atom. The molecule has 1 amide bonds. The van der Waals surface area contributed by atoms with E-state index in [2.05, 4.69) is 4.98 Å². The number of aliphatic hydroxyl groups excluding tert-OH is 1. The van der Waals surface area contributed by atoms with Crippen molar-refractivity contribution in [3.63, 3.8) is 0 Å². The second-order valence-electron chi connectivity index (χ2n) is 10.5. The molecule has 0 spiro atoms. The Bertz CT molecular complexity index is 1700. The molecule has 12 nitrogen and oxygen atoms in total. The topological polar surface area (TPSA) is 157 Å². The zero-order chi connectivity index (χ0) is 29.5. The Balaban J connectivity index is 1.68. The smallest absolute Gasteiger partial charge is 0.410 e. The molecule has 1 aliphatic rings. The van der Waals surface area contributed by atoms with E-state index in [0.29, 0.717) is 41.9 Å². The second kappa shape index (κ2) is 11.0. The number of thiophene rings is 1. The fraction of sp³-hybridized carbons (Fsp3) is 0.393. The summed E-state index contributed by atoms with van der Waals surface area (Å²) < 4.78 is 13.4. The summed E-state index contributed by atoms with van der Waals surface area (Å²) in [7, 11) is 0. The van der Waals surface area contributed by atoms with Gasteiger partial charge in [0.15, 0.2) is 0 Å². The molecular formula is C28H30N4O8S. The van der Waals surface area contributed by atoms with Gasteiger partial charge in [-0.1, -0.05) is 30.3 Å². The predicted molar refractivity (Wildman–Crippen MR) is 150 cm³/mol. The number of carboxylic acids is 1. The summed E-state index contributed by atoms with van der Waals surface area (Å²) in [5.41, 5.74) is -2.39. The van der Waals surface area contributed by atoms with Crippen molar-refractivity contribution in [1.29, 1.82) is 0 Å². The van der Waals surface area contributed by atoms with E-state index in [-0.39, 0.29) is 22.7 Å². The number of piperidine rings is 1. The van der Waals surface area contributed by atoms with Crippen molar-refractivity contribution < 1.29 is 29.0 Å². The molecule has 1 fully saturated rings. The molecule has 1 aromatic carbocycles. The lowest BCUT2D eigenvalue weighted by atomic mass is 10.1. The normalized spacial score (nSPS) is 15.3. The Kier molecular flexibility index (Phi) is 7.58. The average Bonchev–Trinajstić information content (AvgIpc) is 3.59. The number of aliphatic hydroxyl groups is 1. The van der Waals surface area contributed by atoms with Crippen LogP contribution in [0.1, 0.15) is 43.9 Å². The maximum Gasteiger partial charge on any atom is 0.410 e. The number of fused-ring (bicyclic) bond motifs is 1. The highest BCUT2D eigenvalue weighted by Gasteiger charge is 2.36. The van der Waals surface area contributed by atoms with Crippen LogP contribution in [0, 0.1) is 6.92 Å². The molecule has 0 bridgehead atoms. The van der Waals surface area contributed by atoms with Gasteiger partial charge in [-0.25, -0.2) is 23.9 Å². The number of carbonyl (C=O) groups is 2. The number of oxazole rings is 1. The number of rotatable bonds is 7. The van der Waals surface area contributed by atoms with Crippen LogP contribution in [0.25, 0.3) is 21.0 Å². The van der Waals surface area contributed by atoms with Crippen molar-refractivity contribution in [2.24, 2.45) is 0 Å². The van der Waals surface area contributed by atoms with Gasteiger partial charge in [-0.15, -0.1) is 11.3 Å². The molecule has 4 aromatic rings. The van der Waals surface area contributed by atoms with Gasteiger partial charge in [0.05, 0.1) is 29.1 Å². The Hall–Kier alpha value is -4.23. The van der Waals surface area contributed by atoms with Crippen molar-refractivity contribution in [2.75, 3.05) is 13.1 Å². The van der Waals surface area contributed by atoms with E-state index >= 15 is 0 Å². The van der Waals surface area contributed by atoms with Crippen LogP contribution in [0.5, 0.6) is 0 Å². The zero-order valence-corrected chi connectivity index (χ0v) is 23.6. The van der Waals surface area contributed by atoms with E-state index in [1.54, 1.807) is 37.3 Å². The fourth-order valence-electron chi connectivity index (χ4n) is 4.92. The Labute approximate surface area is 238 Å². The minimum atomic E-state index is -1.88. The van der Waals surface area contributed by atoms with E-state index in [0.717, 1.165) is 15.9 Å². The van der Waals surface area contributed by atoms with Gasteiger partial charge in [0.1, 0.15) is 22.7 Å². The molecular weight excluding hydrogens is 552 g/mol. The summed E-state index contributed by atoms with van der Waals surface area (Å²) in [6.07, 6.45) is 1.68.